The molecule has 0 radical (unpaired) electrons. The van der Waals surface area contributed by atoms with Crippen molar-refractivity contribution in [1.82, 2.24) is 20.1 Å². The Bertz CT molecular complexity index is 984. The molecule has 1 aromatic heterocycles. The van der Waals surface area contributed by atoms with Crippen molar-refractivity contribution < 1.29 is 4.79 Å². The third kappa shape index (κ3) is 5.21. The van der Waals surface area contributed by atoms with Gasteiger partial charge in [0.05, 0.1) is 17.8 Å². The Morgan fingerprint density at radius 2 is 1.85 bits per heavy atom. The van der Waals surface area contributed by atoms with Crippen LogP contribution in [-0.4, -0.2) is 57.0 Å². The molecule has 2 aliphatic rings. The fraction of sp³-hybridized carbons (Fsp3) is 0.560. The van der Waals surface area contributed by atoms with Gasteiger partial charge in [-0.1, -0.05) is 31.0 Å². The maximum Gasteiger partial charge on any atom is 0.236 e. The van der Waals surface area contributed by atoms with Gasteiger partial charge >= 0.3 is 0 Å². The summed E-state index contributed by atoms with van der Waals surface area (Å²) in [6.45, 7) is 6.52. The molecule has 1 unspecified atom stereocenters. The molecule has 1 saturated heterocycles. The molecule has 0 bridgehead atoms. The summed E-state index contributed by atoms with van der Waals surface area (Å²) in [5, 5.41) is 15.3. The lowest BCUT2D eigenvalue weighted by atomic mass is 9.89. The summed E-state index contributed by atoms with van der Waals surface area (Å²) < 4.78 is 0. The number of nitrogens with two attached hydrogens (primary N) is 1. The van der Waals surface area contributed by atoms with Crippen molar-refractivity contribution in [2.24, 2.45) is 5.73 Å². The van der Waals surface area contributed by atoms with Crippen molar-refractivity contribution in [2.75, 3.05) is 18.0 Å². The number of likely N-dealkylation sites (tertiary alicyclic amines) is 1. The first-order valence-corrected chi connectivity index (χ1v) is 12.1. The predicted octanol–water partition coefficient (Wildman–Crippen LogP) is 3.26. The average Bonchev–Trinajstić information content (AvgIpc) is 2.81. The molecule has 0 aliphatic carbocycles. The highest BCUT2D eigenvalue weighted by molar-refractivity contribution is 6.01. The summed E-state index contributed by atoms with van der Waals surface area (Å²) in [6.07, 6.45) is 9.22. The number of hydrogen-bond acceptors (Lipinski definition) is 6. The van der Waals surface area contributed by atoms with Crippen LogP contribution in [0.2, 0.25) is 0 Å². The number of nitrogen functional groups attached to an aromatic ring is 1. The molecular formula is C25H35N7O. The third-order valence-corrected chi connectivity index (χ3v) is 7.12. The number of nitrogens with one attached hydrogen (secondary N) is 1. The van der Waals surface area contributed by atoms with Gasteiger partial charge in [-0.05, 0) is 64.1 Å². The zero-order chi connectivity index (χ0) is 23.4. The van der Waals surface area contributed by atoms with Gasteiger partial charge in [0.1, 0.15) is 0 Å². The van der Waals surface area contributed by atoms with E-state index >= 15 is 0 Å². The molecule has 4 rings (SSSR count). The number of unbranched alkanes of at least 4 members (excludes halogenated alkanes) is 2. The second-order valence-corrected chi connectivity index (χ2v) is 9.42. The number of anilines is 1. The normalized spacial score (nSPS) is 23.4. The van der Waals surface area contributed by atoms with Crippen molar-refractivity contribution in [3.05, 3.63) is 47.5 Å². The monoisotopic (exact) mass is 449 g/mol. The van der Waals surface area contributed by atoms with Crippen molar-refractivity contribution in [1.29, 1.82) is 5.41 Å². The number of amides is 1. The van der Waals surface area contributed by atoms with Crippen LogP contribution in [0.25, 0.3) is 0 Å². The summed E-state index contributed by atoms with van der Waals surface area (Å²) >= 11 is 0. The number of carbonyl (C=O) groups is 1. The fourth-order valence-corrected chi connectivity index (χ4v) is 5.28. The molecule has 2 aromatic rings. The van der Waals surface area contributed by atoms with Gasteiger partial charge in [0, 0.05) is 24.3 Å². The van der Waals surface area contributed by atoms with Gasteiger partial charge in [0.25, 0.3) is 0 Å². The third-order valence-electron chi connectivity index (χ3n) is 7.12. The molecule has 0 spiro atoms. The standard InChI is InChI=1S/C25H35N7O/c1-17-9-8-10-18(2)31(17)13-6-3-7-14-32-22-12-5-4-11-19(22)15-20(25(32)33)21-16-28-30-24(29-21)23(26)27/h4-5,11-12,16-18,20H,3,6-10,13-15H2,1-2H3,(H3,26,27)/t17-,18+,20?. The minimum atomic E-state index is -0.441. The lowest BCUT2D eigenvalue weighted by molar-refractivity contribution is -0.120. The van der Waals surface area contributed by atoms with E-state index in [0.29, 0.717) is 30.7 Å². The highest BCUT2D eigenvalue weighted by atomic mass is 16.2. The van der Waals surface area contributed by atoms with Crippen molar-refractivity contribution in [3.63, 3.8) is 0 Å². The van der Waals surface area contributed by atoms with E-state index in [9.17, 15) is 4.79 Å². The maximum atomic E-state index is 13.5. The number of amidine groups is 1. The Kier molecular flexibility index (Phi) is 7.33. The van der Waals surface area contributed by atoms with Gasteiger partial charge in [-0.25, -0.2) is 4.98 Å². The van der Waals surface area contributed by atoms with Crippen LogP contribution in [0.3, 0.4) is 0 Å². The topological polar surface area (TPSA) is 112 Å². The SMILES string of the molecule is C[C@@H]1CCC[C@H](C)N1CCCCCN1C(=O)C(c2cnnc(C(=N)N)n2)Cc2ccccc21. The highest BCUT2D eigenvalue weighted by Gasteiger charge is 2.35. The summed E-state index contributed by atoms with van der Waals surface area (Å²) in [5.41, 5.74) is 8.17. The Balaban J connectivity index is 1.42. The lowest BCUT2D eigenvalue weighted by Gasteiger charge is -2.39. The molecule has 176 valence electrons. The van der Waals surface area contributed by atoms with Gasteiger partial charge in [-0.2, -0.15) is 5.10 Å². The van der Waals surface area contributed by atoms with Crippen LogP contribution >= 0.6 is 0 Å². The Morgan fingerprint density at radius 3 is 2.61 bits per heavy atom. The van der Waals surface area contributed by atoms with Gasteiger partial charge in [-0.15, -0.1) is 5.10 Å². The van der Waals surface area contributed by atoms with Crippen LogP contribution in [0.5, 0.6) is 0 Å². The number of rotatable bonds is 8. The number of fused-ring (bicyclic) bond motifs is 1. The number of piperidine rings is 1. The molecule has 8 nitrogen and oxygen atoms in total. The minimum absolute atomic E-state index is 0.0296. The second-order valence-electron chi connectivity index (χ2n) is 9.42. The summed E-state index contributed by atoms with van der Waals surface area (Å²) in [4.78, 5) is 22.4. The molecular weight excluding hydrogens is 414 g/mol. The molecule has 33 heavy (non-hydrogen) atoms. The van der Waals surface area contributed by atoms with E-state index in [2.05, 4.69) is 40.0 Å². The second kappa shape index (κ2) is 10.4. The molecule has 2 aliphatic heterocycles. The van der Waals surface area contributed by atoms with Crippen LogP contribution < -0.4 is 10.6 Å². The van der Waals surface area contributed by atoms with Crippen molar-refractivity contribution in [2.45, 2.75) is 76.8 Å². The maximum absolute atomic E-state index is 13.5. The van der Waals surface area contributed by atoms with Crippen LogP contribution in [0.1, 0.15) is 75.4 Å². The molecule has 1 aromatic carbocycles. The molecule has 1 amide bonds. The smallest absolute Gasteiger partial charge is 0.236 e. The summed E-state index contributed by atoms with van der Waals surface area (Å²) in [5.74, 6) is -0.598. The lowest BCUT2D eigenvalue weighted by Crippen LogP contribution is -2.44. The minimum Gasteiger partial charge on any atom is -0.381 e. The Morgan fingerprint density at radius 1 is 1.12 bits per heavy atom. The molecule has 1 fully saturated rings. The highest BCUT2D eigenvalue weighted by Crippen LogP contribution is 2.35. The molecule has 3 heterocycles. The Labute approximate surface area is 196 Å². The van der Waals surface area contributed by atoms with E-state index in [4.69, 9.17) is 11.1 Å². The first-order valence-electron chi connectivity index (χ1n) is 12.1. The van der Waals surface area contributed by atoms with E-state index in [1.54, 1.807) is 0 Å². The quantitative estimate of drug-likeness (QED) is 0.363. The van der Waals surface area contributed by atoms with E-state index in [0.717, 1.165) is 37.1 Å². The van der Waals surface area contributed by atoms with Crippen molar-refractivity contribution >= 4 is 17.4 Å². The zero-order valence-corrected chi connectivity index (χ0v) is 19.7. The van der Waals surface area contributed by atoms with E-state index in [-0.39, 0.29) is 17.6 Å². The average molecular weight is 450 g/mol. The molecule has 3 atom stereocenters. The number of benzene rings is 1. The summed E-state index contributed by atoms with van der Waals surface area (Å²) in [6, 6.07) is 9.43. The van der Waals surface area contributed by atoms with Crippen LogP contribution in [0.15, 0.2) is 30.5 Å². The first-order chi connectivity index (χ1) is 16.0. The first kappa shape index (κ1) is 23.3. The van der Waals surface area contributed by atoms with Gasteiger partial charge in [-0.3, -0.25) is 15.1 Å². The van der Waals surface area contributed by atoms with Gasteiger partial charge in [0.15, 0.2) is 5.84 Å². The van der Waals surface area contributed by atoms with E-state index in [1.807, 2.05) is 23.1 Å². The summed E-state index contributed by atoms with van der Waals surface area (Å²) in [7, 11) is 0. The fourth-order valence-electron chi connectivity index (χ4n) is 5.28. The van der Waals surface area contributed by atoms with E-state index in [1.165, 1.54) is 25.5 Å². The number of para-hydroxylation sites is 1. The van der Waals surface area contributed by atoms with Crippen LogP contribution in [0.4, 0.5) is 5.69 Å². The largest absolute Gasteiger partial charge is 0.381 e. The Hall–Kier alpha value is -2.87. The molecule has 0 saturated carbocycles. The molecule has 8 heteroatoms. The van der Waals surface area contributed by atoms with E-state index < -0.39 is 5.92 Å². The predicted molar refractivity (Wildman–Crippen MR) is 129 cm³/mol. The van der Waals surface area contributed by atoms with Crippen LogP contribution in [0, 0.1) is 5.41 Å². The van der Waals surface area contributed by atoms with Gasteiger partial charge in [0.2, 0.25) is 11.7 Å². The number of nitrogens with zero attached hydrogens (tertiary/aromatic N) is 5. The van der Waals surface area contributed by atoms with Crippen LogP contribution in [-0.2, 0) is 11.2 Å². The van der Waals surface area contributed by atoms with Crippen molar-refractivity contribution in [3.8, 4) is 0 Å². The number of hydrogen-bond donors (Lipinski definition) is 2. The number of carbonyl (C=O) groups excluding carboxylic acids is 1. The number of aromatic nitrogens is 3. The molecule has 3 N–H and O–H groups in total. The van der Waals surface area contributed by atoms with Gasteiger partial charge < -0.3 is 10.6 Å². The zero-order valence-electron chi connectivity index (χ0n) is 19.7.